The first-order valence-electron chi connectivity index (χ1n) is 22.5. The number of benzene rings is 4. The molecule has 1 fully saturated rings. The minimum absolute atomic E-state index is 0.00310. The molecule has 1 aliphatic rings. The van der Waals surface area contributed by atoms with Crippen molar-refractivity contribution >= 4 is 28.4 Å². The van der Waals surface area contributed by atoms with E-state index in [0.717, 1.165) is 16.7 Å². The maximum Gasteiger partial charge on any atom is 0.353 e. The van der Waals surface area contributed by atoms with E-state index in [9.17, 15) is 10.1 Å². The predicted octanol–water partition coefficient (Wildman–Crippen LogP) is 11.7. The lowest BCUT2D eigenvalue weighted by Gasteiger charge is -2.42. The average Bonchev–Trinajstić information content (AvgIpc) is 3.62. The second kappa shape index (κ2) is 22.6. The first-order valence-corrected chi connectivity index (χ1v) is 26.9. The van der Waals surface area contributed by atoms with Gasteiger partial charge < -0.3 is 37.2 Å². The van der Waals surface area contributed by atoms with E-state index in [4.69, 9.17) is 48.8 Å². The number of rotatable bonds is 21. The van der Waals surface area contributed by atoms with E-state index in [-0.39, 0.29) is 42.6 Å². The number of hydrogen-bond acceptors (Lipinski definition) is 12. The highest BCUT2D eigenvalue weighted by molar-refractivity contribution is 7.44. The summed E-state index contributed by atoms with van der Waals surface area (Å²) >= 11 is 6.12. The number of ether oxygens (including phenoxy) is 5. The van der Waals surface area contributed by atoms with Gasteiger partial charge in [0.1, 0.15) is 41.2 Å². The lowest BCUT2D eigenvalue weighted by molar-refractivity contribution is -0.0943. The van der Waals surface area contributed by atoms with Gasteiger partial charge in [0.05, 0.1) is 39.9 Å². The molecule has 1 saturated heterocycles. The van der Waals surface area contributed by atoms with Crippen molar-refractivity contribution in [1.29, 1.82) is 5.26 Å². The zero-order valence-corrected chi connectivity index (χ0v) is 43.0. The molecule has 2 heterocycles. The largest absolute Gasteiger partial charge is 0.497 e. The Kier molecular flexibility index (Phi) is 17.5. The zero-order chi connectivity index (χ0) is 48.5. The van der Waals surface area contributed by atoms with Crippen molar-refractivity contribution in [1.82, 2.24) is 14.2 Å². The van der Waals surface area contributed by atoms with Crippen molar-refractivity contribution in [2.24, 2.45) is 0 Å². The summed E-state index contributed by atoms with van der Waals surface area (Å²) in [5.74, 6) is 1.95. The molecule has 6 rings (SSSR count). The molecule has 0 radical (unpaired) electrons. The fourth-order valence-electron chi connectivity index (χ4n) is 7.79. The Bertz CT molecular complexity index is 2390. The third kappa shape index (κ3) is 12.2. The van der Waals surface area contributed by atoms with Gasteiger partial charge in [-0.3, -0.25) is 4.57 Å². The Labute approximate surface area is 402 Å². The summed E-state index contributed by atoms with van der Waals surface area (Å²) in [6.07, 6.45) is -1.85. The van der Waals surface area contributed by atoms with Crippen molar-refractivity contribution in [3.05, 3.63) is 148 Å². The molecule has 4 aromatic carbocycles. The molecule has 1 unspecified atom stereocenters. The van der Waals surface area contributed by atoms with Gasteiger partial charge in [-0.15, -0.1) is 0 Å². The van der Waals surface area contributed by atoms with Crippen LogP contribution in [0.2, 0.25) is 23.2 Å². The van der Waals surface area contributed by atoms with E-state index in [2.05, 4.69) is 77.3 Å². The van der Waals surface area contributed by atoms with Crippen LogP contribution in [0.5, 0.6) is 23.1 Å². The standard InChI is InChI=1S/C51H64ClN4O9PSi/c1-35(2)56(36(3)4)66(61-33-15-31-53)64-46-44(34-60-51(37-16-13-12-14-17-37,38-18-24-41(58-8)25-19-38)39-20-26-42(59-9)27-21-39)63-48(47(46)65-67(10,11)50(5,6)7)55-32-30-45(54-49(55)57)62-43-28-22-40(52)23-29-43/h12-14,16-30,32,35-36,44,46-48H,15,33-34H2,1-11H3/t44-,46-,47-,48-,66?/m1/s1. The Balaban J connectivity index is 1.53. The zero-order valence-electron chi connectivity index (χ0n) is 40.3. The van der Waals surface area contributed by atoms with Crippen LogP contribution in [0.4, 0.5) is 0 Å². The molecule has 16 heteroatoms. The van der Waals surface area contributed by atoms with Crippen molar-refractivity contribution < 1.29 is 37.2 Å². The van der Waals surface area contributed by atoms with Crippen LogP contribution in [-0.4, -0.2) is 80.4 Å². The molecule has 13 nitrogen and oxygen atoms in total. The number of halogens is 1. The number of nitriles is 1. The van der Waals surface area contributed by atoms with Gasteiger partial charge in [0.2, 0.25) is 5.88 Å². The smallest absolute Gasteiger partial charge is 0.353 e. The first kappa shape index (κ1) is 51.7. The molecule has 5 aromatic rings. The van der Waals surface area contributed by atoms with Crippen LogP contribution >= 0.6 is 20.1 Å². The normalized spacial score (nSPS) is 18.3. The number of methoxy groups -OCH3 is 2. The summed E-state index contributed by atoms with van der Waals surface area (Å²) in [6, 6.07) is 36.3. The predicted molar refractivity (Wildman–Crippen MR) is 264 cm³/mol. The van der Waals surface area contributed by atoms with Crippen molar-refractivity contribution in [2.75, 3.05) is 27.4 Å². The molecule has 0 N–H and O–H groups in total. The molecule has 1 aliphatic heterocycles. The molecule has 0 saturated carbocycles. The molecule has 358 valence electrons. The van der Waals surface area contributed by atoms with Crippen LogP contribution < -0.4 is 19.9 Å². The number of nitrogens with zero attached hydrogens (tertiary/aromatic N) is 4. The third-order valence-electron chi connectivity index (χ3n) is 12.1. The van der Waals surface area contributed by atoms with Crippen molar-refractivity contribution in [3.8, 4) is 29.2 Å². The van der Waals surface area contributed by atoms with E-state index < -0.39 is 52.7 Å². The highest BCUT2D eigenvalue weighted by atomic mass is 35.5. The van der Waals surface area contributed by atoms with Crippen LogP contribution in [0.1, 0.15) is 77.8 Å². The topological polar surface area (TPSA) is 136 Å². The summed E-state index contributed by atoms with van der Waals surface area (Å²) in [5.41, 5.74) is 0.687. The van der Waals surface area contributed by atoms with Gasteiger partial charge in [-0.25, -0.2) is 9.46 Å². The summed E-state index contributed by atoms with van der Waals surface area (Å²) in [5, 5.41) is 9.90. The fraction of sp³-hybridized carbons (Fsp3) is 0.431. The lowest BCUT2D eigenvalue weighted by atomic mass is 9.80. The van der Waals surface area contributed by atoms with Crippen molar-refractivity contribution in [2.45, 2.75) is 115 Å². The van der Waals surface area contributed by atoms with Crippen LogP contribution in [0, 0.1) is 11.3 Å². The Hall–Kier alpha value is -4.65. The van der Waals surface area contributed by atoms with Crippen LogP contribution in [0.15, 0.2) is 120 Å². The number of aromatic nitrogens is 2. The molecule has 67 heavy (non-hydrogen) atoms. The maximum atomic E-state index is 14.3. The Morgan fingerprint density at radius 2 is 1.37 bits per heavy atom. The second-order valence-electron chi connectivity index (χ2n) is 18.4. The quantitative estimate of drug-likeness (QED) is 0.0300. The molecule has 0 spiro atoms. The Morgan fingerprint density at radius 3 is 1.88 bits per heavy atom. The summed E-state index contributed by atoms with van der Waals surface area (Å²) < 4.78 is 56.7. The van der Waals surface area contributed by atoms with E-state index in [1.807, 2.05) is 78.9 Å². The molecule has 5 atom stereocenters. The fourth-order valence-corrected chi connectivity index (χ4v) is 11.0. The van der Waals surface area contributed by atoms with Gasteiger partial charge in [0.25, 0.3) is 8.53 Å². The van der Waals surface area contributed by atoms with Crippen LogP contribution in [-0.2, 0) is 28.5 Å². The van der Waals surface area contributed by atoms with Gasteiger partial charge in [-0.05, 0) is 111 Å². The van der Waals surface area contributed by atoms with Gasteiger partial charge in [0, 0.05) is 29.4 Å². The van der Waals surface area contributed by atoms with Gasteiger partial charge >= 0.3 is 5.69 Å². The van der Waals surface area contributed by atoms with Crippen LogP contribution in [0.3, 0.4) is 0 Å². The summed E-state index contributed by atoms with van der Waals surface area (Å²) in [4.78, 5) is 18.7. The molecular formula is C51H64ClN4O9PSi. The lowest BCUT2D eigenvalue weighted by Crippen LogP contribution is -2.50. The van der Waals surface area contributed by atoms with E-state index in [1.165, 1.54) is 4.57 Å². The molecule has 0 bridgehead atoms. The monoisotopic (exact) mass is 970 g/mol. The highest BCUT2D eigenvalue weighted by Gasteiger charge is 2.54. The molecule has 0 amide bonds. The van der Waals surface area contributed by atoms with E-state index >= 15 is 0 Å². The minimum Gasteiger partial charge on any atom is -0.497 e. The maximum absolute atomic E-state index is 14.3. The van der Waals surface area contributed by atoms with Crippen LogP contribution in [0.25, 0.3) is 0 Å². The first-order chi connectivity index (χ1) is 31.9. The van der Waals surface area contributed by atoms with Gasteiger partial charge in [0.15, 0.2) is 14.5 Å². The molecule has 1 aromatic heterocycles. The second-order valence-corrected chi connectivity index (χ2v) is 25.0. The SMILES string of the molecule is COc1ccc(C(OC[C@H]2O[C@@H](n3ccc(Oc4ccc(Cl)cc4)nc3=O)[C@H](O[Si](C)(C)C(C)(C)C)[C@@H]2OP(OCCC#N)N(C(C)C)C(C)C)(c2ccccc2)c2ccc(OC)cc2)cc1. The van der Waals surface area contributed by atoms with Crippen molar-refractivity contribution in [3.63, 3.8) is 0 Å². The number of hydrogen-bond donors (Lipinski definition) is 0. The summed E-state index contributed by atoms with van der Waals surface area (Å²) in [6.45, 7) is 19.2. The molecule has 0 aliphatic carbocycles. The highest BCUT2D eigenvalue weighted by Crippen LogP contribution is 2.52. The third-order valence-corrected chi connectivity index (χ3v) is 19.0. The average molecular weight is 972 g/mol. The minimum atomic E-state index is -2.67. The van der Waals surface area contributed by atoms with E-state index in [0.29, 0.717) is 22.3 Å². The Morgan fingerprint density at radius 1 is 0.821 bits per heavy atom. The molecular weight excluding hydrogens is 907 g/mol. The summed E-state index contributed by atoms with van der Waals surface area (Å²) in [7, 11) is -1.25. The van der Waals surface area contributed by atoms with E-state index in [1.54, 1.807) is 50.7 Å². The van der Waals surface area contributed by atoms with Gasteiger partial charge in [-0.2, -0.15) is 10.2 Å². The van der Waals surface area contributed by atoms with Gasteiger partial charge in [-0.1, -0.05) is 87.0 Å².